The number of benzene rings is 1. The summed E-state index contributed by atoms with van der Waals surface area (Å²) in [5.74, 6) is 0.809. The number of hydrogen-bond donors (Lipinski definition) is 1. The first kappa shape index (κ1) is 20.8. The summed E-state index contributed by atoms with van der Waals surface area (Å²) in [6, 6.07) is 13.7. The summed E-state index contributed by atoms with van der Waals surface area (Å²) in [7, 11) is 0. The zero-order valence-corrected chi connectivity index (χ0v) is 17.3. The zero-order valence-electron chi connectivity index (χ0n) is 17.3. The number of amides is 1. The average Bonchev–Trinajstić information content (AvgIpc) is 3.36. The maximum Gasteiger partial charge on any atom is 0.271 e. The Balaban J connectivity index is 1.37. The van der Waals surface area contributed by atoms with Crippen LogP contribution in [-0.4, -0.2) is 53.8 Å². The lowest BCUT2D eigenvalue weighted by Gasteiger charge is -2.09. The first-order valence-electron chi connectivity index (χ1n) is 9.92. The van der Waals surface area contributed by atoms with Gasteiger partial charge in [0.05, 0.1) is 18.8 Å². The van der Waals surface area contributed by atoms with Gasteiger partial charge in [-0.15, -0.1) is 10.2 Å². The van der Waals surface area contributed by atoms with Crippen molar-refractivity contribution in [3.05, 3.63) is 77.2 Å². The Bertz CT molecular complexity index is 1240. The van der Waals surface area contributed by atoms with E-state index in [9.17, 15) is 9.59 Å². The second kappa shape index (κ2) is 9.60. The smallest absolute Gasteiger partial charge is 0.271 e. The molecule has 0 bridgehead atoms. The summed E-state index contributed by atoms with van der Waals surface area (Å²) < 4.78 is 8.19. The fourth-order valence-electron chi connectivity index (χ4n) is 2.91. The Morgan fingerprint density at radius 1 is 1.06 bits per heavy atom. The summed E-state index contributed by atoms with van der Waals surface area (Å²) >= 11 is 0. The van der Waals surface area contributed by atoms with Crippen molar-refractivity contribution < 1.29 is 9.53 Å². The molecule has 32 heavy (non-hydrogen) atoms. The van der Waals surface area contributed by atoms with Crippen LogP contribution in [-0.2, 0) is 6.54 Å². The van der Waals surface area contributed by atoms with Gasteiger partial charge < -0.3 is 10.1 Å². The molecular formula is C21H20N8O3. The second-order valence-corrected chi connectivity index (χ2v) is 6.61. The quantitative estimate of drug-likeness (QED) is 0.438. The molecule has 0 atom stereocenters. The molecule has 11 nitrogen and oxygen atoms in total. The predicted octanol–water partition coefficient (Wildman–Crippen LogP) is 1.11. The highest BCUT2D eigenvalue weighted by molar-refractivity contribution is 5.92. The molecule has 0 fully saturated rings. The van der Waals surface area contributed by atoms with E-state index in [1.807, 2.05) is 31.2 Å². The third-order valence-electron chi connectivity index (χ3n) is 4.47. The predicted molar refractivity (Wildman–Crippen MR) is 114 cm³/mol. The van der Waals surface area contributed by atoms with Gasteiger partial charge in [-0.2, -0.15) is 10.2 Å². The molecule has 11 heteroatoms. The van der Waals surface area contributed by atoms with E-state index in [0.29, 0.717) is 18.1 Å². The first-order chi connectivity index (χ1) is 15.6. The standard InChI is InChI=1S/C21H20N8O3/c1-2-32-16-5-3-15(4-6-16)17-8-10-20(30)28(27-17)12-11-23-21(31)18-7-9-19(26-25-18)29-14-22-13-24-29/h3-10,13-14H,2,11-12H2,1H3,(H,23,31). The van der Waals surface area contributed by atoms with Crippen LogP contribution in [0.15, 0.2) is 66.0 Å². The molecule has 0 saturated heterocycles. The molecule has 1 N–H and O–H groups in total. The van der Waals surface area contributed by atoms with E-state index < -0.39 is 5.91 Å². The van der Waals surface area contributed by atoms with E-state index in [-0.39, 0.29) is 24.3 Å². The van der Waals surface area contributed by atoms with Gasteiger partial charge in [-0.25, -0.2) is 14.3 Å². The van der Waals surface area contributed by atoms with Crippen molar-refractivity contribution in [3.63, 3.8) is 0 Å². The molecule has 0 radical (unpaired) electrons. The molecule has 3 aromatic heterocycles. The van der Waals surface area contributed by atoms with Gasteiger partial charge in [-0.05, 0) is 49.4 Å². The van der Waals surface area contributed by atoms with Crippen LogP contribution in [0.5, 0.6) is 5.75 Å². The van der Waals surface area contributed by atoms with E-state index in [4.69, 9.17) is 4.74 Å². The lowest BCUT2D eigenvalue weighted by molar-refractivity contribution is 0.0945. The van der Waals surface area contributed by atoms with Crippen molar-refractivity contribution in [2.24, 2.45) is 0 Å². The molecule has 0 unspecified atom stereocenters. The summed E-state index contributed by atoms with van der Waals surface area (Å²) in [5, 5.41) is 18.9. The first-order valence-corrected chi connectivity index (χ1v) is 9.92. The van der Waals surface area contributed by atoms with Crippen molar-refractivity contribution >= 4 is 5.91 Å². The van der Waals surface area contributed by atoms with Crippen LogP contribution in [0.1, 0.15) is 17.4 Å². The fraction of sp³-hybridized carbons (Fsp3) is 0.190. The number of carbonyl (C=O) groups is 1. The highest BCUT2D eigenvalue weighted by Gasteiger charge is 2.10. The van der Waals surface area contributed by atoms with Gasteiger partial charge in [0.1, 0.15) is 18.4 Å². The van der Waals surface area contributed by atoms with Gasteiger partial charge in [0.2, 0.25) is 0 Å². The molecule has 0 spiro atoms. The van der Waals surface area contributed by atoms with E-state index in [1.165, 1.54) is 34.2 Å². The number of hydrogen-bond acceptors (Lipinski definition) is 8. The van der Waals surface area contributed by atoms with Crippen molar-refractivity contribution in [1.82, 2.24) is 40.1 Å². The van der Waals surface area contributed by atoms with Gasteiger partial charge in [0.15, 0.2) is 11.5 Å². The Morgan fingerprint density at radius 2 is 1.91 bits per heavy atom. The summed E-state index contributed by atoms with van der Waals surface area (Å²) in [6.45, 7) is 2.92. The van der Waals surface area contributed by atoms with Crippen LogP contribution in [0.2, 0.25) is 0 Å². The van der Waals surface area contributed by atoms with E-state index in [1.54, 1.807) is 12.1 Å². The SMILES string of the molecule is CCOc1ccc(-c2ccc(=O)n(CCNC(=O)c3ccc(-n4cncn4)nn3)n2)cc1. The number of carbonyl (C=O) groups excluding carboxylic acids is 1. The summed E-state index contributed by atoms with van der Waals surface area (Å²) in [6.07, 6.45) is 2.86. The van der Waals surface area contributed by atoms with Crippen LogP contribution in [0.25, 0.3) is 17.1 Å². The van der Waals surface area contributed by atoms with Gasteiger partial charge in [0, 0.05) is 18.2 Å². The lowest BCUT2D eigenvalue weighted by Crippen LogP contribution is -2.32. The van der Waals surface area contributed by atoms with E-state index >= 15 is 0 Å². The third-order valence-corrected chi connectivity index (χ3v) is 4.47. The van der Waals surface area contributed by atoms with Gasteiger partial charge in [-0.1, -0.05) is 0 Å². The largest absolute Gasteiger partial charge is 0.494 e. The Kier molecular flexibility index (Phi) is 6.25. The monoisotopic (exact) mass is 432 g/mol. The van der Waals surface area contributed by atoms with Crippen molar-refractivity contribution in [2.75, 3.05) is 13.2 Å². The molecule has 0 aliphatic rings. The minimum atomic E-state index is -0.404. The number of aromatic nitrogens is 7. The molecule has 162 valence electrons. The van der Waals surface area contributed by atoms with Gasteiger partial charge >= 0.3 is 0 Å². The Hall–Kier alpha value is -4.41. The molecule has 0 aliphatic carbocycles. The van der Waals surface area contributed by atoms with Crippen LogP contribution >= 0.6 is 0 Å². The molecule has 1 aromatic carbocycles. The molecule has 3 heterocycles. The fourth-order valence-corrected chi connectivity index (χ4v) is 2.91. The van der Waals surface area contributed by atoms with Crippen molar-refractivity contribution in [2.45, 2.75) is 13.5 Å². The van der Waals surface area contributed by atoms with Crippen LogP contribution in [0.4, 0.5) is 0 Å². The van der Waals surface area contributed by atoms with Crippen molar-refractivity contribution in [3.8, 4) is 22.8 Å². The number of nitrogens with zero attached hydrogens (tertiary/aromatic N) is 7. The Morgan fingerprint density at radius 3 is 2.59 bits per heavy atom. The highest BCUT2D eigenvalue weighted by Crippen LogP contribution is 2.19. The number of ether oxygens (including phenoxy) is 1. The molecule has 4 aromatic rings. The van der Waals surface area contributed by atoms with Crippen LogP contribution < -0.4 is 15.6 Å². The molecular weight excluding hydrogens is 412 g/mol. The van der Waals surface area contributed by atoms with Gasteiger partial charge in [-0.3, -0.25) is 9.59 Å². The molecule has 0 aliphatic heterocycles. The van der Waals surface area contributed by atoms with E-state index in [2.05, 4.69) is 30.7 Å². The summed E-state index contributed by atoms with van der Waals surface area (Å²) in [4.78, 5) is 28.3. The second-order valence-electron chi connectivity index (χ2n) is 6.61. The van der Waals surface area contributed by atoms with E-state index in [0.717, 1.165) is 11.3 Å². The normalized spacial score (nSPS) is 10.7. The minimum Gasteiger partial charge on any atom is -0.494 e. The number of rotatable bonds is 8. The molecule has 1 amide bonds. The topological polar surface area (TPSA) is 130 Å². The highest BCUT2D eigenvalue weighted by atomic mass is 16.5. The van der Waals surface area contributed by atoms with Crippen molar-refractivity contribution in [1.29, 1.82) is 0 Å². The number of nitrogens with one attached hydrogen (secondary N) is 1. The average molecular weight is 432 g/mol. The zero-order chi connectivity index (χ0) is 22.3. The minimum absolute atomic E-state index is 0.150. The maximum absolute atomic E-state index is 12.3. The van der Waals surface area contributed by atoms with Crippen LogP contribution in [0, 0.1) is 0 Å². The maximum atomic E-state index is 12.3. The van der Waals surface area contributed by atoms with Crippen LogP contribution in [0.3, 0.4) is 0 Å². The third kappa shape index (κ3) is 4.83. The Labute approximate surface area is 182 Å². The molecule has 4 rings (SSSR count). The lowest BCUT2D eigenvalue weighted by atomic mass is 10.1. The summed E-state index contributed by atoms with van der Waals surface area (Å²) in [5.41, 5.74) is 1.39. The van der Waals surface area contributed by atoms with Gasteiger partial charge in [0.25, 0.3) is 11.5 Å². The molecule has 0 saturated carbocycles.